The zero-order valence-electron chi connectivity index (χ0n) is 27.1. The van der Waals surface area contributed by atoms with E-state index in [0.717, 1.165) is 77.3 Å². The van der Waals surface area contributed by atoms with Crippen molar-refractivity contribution < 1.29 is 8.83 Å². The van der Waals surface area contributed by atoms with E-state index >= 15 is 0 Å². The predicted molar refractivity (Wildman–Crippen MR) is 205 cm³/mol. The summed E-state index contributed by atoms with van der Waals surface area (Å²) in [6.07, 6.45) is 0. The number of fused-ring (bicyclic) bond motifs is 9. The van der Waals surface area contributed by atoms with Crippen molar-refractivity contribution in [3.05, 3.63) is 158 Å². The molecule has 0 bridgehead atoms. The molecule has 238 valence electrons. The fraction of sp³-hybridized carbons (Fsp3) is 0. The lowest BCUT2D eigenvalue weighted by molar-refractivity contribution is 0.668. The average molecular weight is 655 g/mol. The Kier molecular flexibility index (Phi) is 5.86. The highest BCUT2D eigenvalue weighted by atomic mass is 16.3. The van der Waals surface area contributed by atoms with Crippen LogP contribution in [0.1, 0.15) is 0 Å². The number of hydrogen-bond donors (Lipinski definition) is 0. The van der Waals surface area contributed by atoms with Gasteiger partial charge in [0.05, 0.1) is 11.0 Å². The molecule has 0 N–H and O–H groups in total. The highest BCUT2D eigenvalue weighted by Gasteiger charge is 2.20. The summed E-state index contributed by atoms with van der Waals surface area (Å²) >= 11 is 0. The first kappa shape index (κ1) is 27.9. The minimum atomic E-state index is 0.577. The molecule has 0 radical (unpaired) electrons. The number of aromatic nitrogens is 4. The molecule has 0 aliphatic rings. The summed E-state index contributed by atoms with van der Waals surface area (Å²) in [5.41, 5.74) is 9.27. The molecular formula is C45H26N4O2. The van der Waals surface area contributed by atoms with Crippen LogP contribution in [-0.4, -0.2) is 19.5 Å². The summed E-state index contributed by atoms with van der Waals surface area (Å²) in [6, 6.07) is 53.9. The zero-order chi connectivity index (χ0) is 33.5. The monoisotopic (exact) mass is 654 g/mol. The summed E-state index contributed by atoms with van der Waals surface area (Å²) in [6.45, 7) is 0. The topological polar surface area (TPSA) is 69.9 Å². The molecule has 0 spiro atoms. The first-order chi connectivity index (χ1) is 25.3. The highest BCUT2D eigenvalue weighted by molar-refractivity contribution is 6.12. The van der Waals surface area contributed by atoms with Crippen LogP contribution in [0.5, 0.6) is 0 Å². The van der Waals surface area contributed by atoms with E-state index in [-0.39, 0.29) is 0 Å². The maximum atomic E-state index is 6.27. The normalized spacial score (nSPS) is 11.9. The number of benzene rings is 7. The van der Waals surface area contributed by atoms with Crippen molar-refractivity contribution in [1.82, 2.24) is 19.5 Å². The number of hydrogen-bond acceptors (Lipinski definition) is 5. The third-order valence-corrected chi connectivity index (χ3v) is 9.86. The van der Waals surface area contributed by atoms with Crippen LogP contribution < -0.4 is 0 Å². The van der Waals surface area contributed by atoms with Crippen molar-refractivity contribution in [2.75, 3.05) is 0 Å². The Morgan fingerprint density at radius 2 is 0.961 bits per heavy atom. The van der Waals surface area contributed by atoms with Crippen molar-refractivity contribution >= 4 is 65.7 Å². The molecule has 0 amide bonds. The standard InChI is InChI=1S/C45H26N4O2/c1-2-11-29(12-3-1)49-36-17-7-4-13-30(36)31-23-21-28(26-37(31)49)44-46-43(27-22-24-40-35(25-27)32-14-5-8-18-38(32)50-40)47-45(48-44)34-16-10-20-41-42(34)33-15-6-9-19-39(33)51-41/h1-26H. The van der Waals surface area contributed by atoms with Crippen LogP contribution >= 0.6 is 0 Å². The van der Waals surface area contributed by atoms with Crippen LogP contribution in [0.3, 0.4) is 0 Å². The van der Waals surface area contributed by atoms with E-state index in [1.807, 2.05) is 66.7 Å². The second-order valence-electron chi connectivity index (χ2n) is 12.8. The van der Waals surface area contributed by atoms with Gasteiger partial charge in [-0.25, -0.2) is 15.0 Å². The molecule has 0 unspecified atom stereocenters. The van der Waals surface area contributed by atoms with E-state index in [4.69, 9.17) is 23.8 Å². The van der Waals surface area contributed by atoms with Gasteiger partial charge in [0, 0.05) is 54.7 Å². The average Bonchev–Trinajstić information content (AvgIpc) is 3.87. The number of nitrogens with zero attached hydrogens (tertiary/aromatic N) is 4. The molecule has 6 heteroatoms. The predicted octanol–water partition coefficient (Wildman–Crippen LogP) is 11.8. The summed E-state index contributed by atoms with van der Waals surface area (Å²) in [5.74, 6) is 1.74. The Morgan fingerprint density at radius 1 is 0.373 bits per heavy atom. The van der Waals surface area contributed by atoms with Crippen LogP contribution in [0.4, 0.5) is 0 Å². The Balaban J connectivity index is 1.19. The number of furan rings is 2. The van der Waals surface area contributed by atoms with Crippen LogP contribution in [0.2, 0.25) is 0 Å². The van der Waals surface area contributed by atoms with Crippen molar-refractivity contribution in [1.29, 1.82) is 0 Å². The van der Waals surface area contributed by atoms with E-state index in [2.05, 4.69) is 95.6 Å². The van der Waals surface area contributed by atoms with Crippen molar-refractivity contribution in [2.24, 2.45) is 0 Å². The largest absolute Gasteiger partial charge is 0.456 e. The highest BCUT2D eigenvalue weighted by Crippen LogP contribution is 2.39. The first-order valence-electron chi connectivity index (χ1n) is 16.9. The number of para-hydroxylation sites is 4. The summed E-state index contributed by atoms with van der Waals surface area (Å²) in [4.78, 5) is 15.6. The van der Waals surface area contributed by atoms with Crippen molar-refractivity contribution in [2.45, 2.75) is 0 Å². The lowest BCUT2D eigenvalue weighted by Gasteiger charge is -2.11. The lowest BCUT2D eigenvalue weighted by Crippen LogP contribution is -2.01. The van der Waals surface area contributed by atoms with Gasteiger partial charge in [-0.15, -0.1) is 0 Å². The molecule has 0 saturated carbocycles. The molecule has 51 heavy (non-hydrogen) atoms. The van der Waals surface area contributed by atoms with E-state index < -0.39 is 0 Å². The Hall–Kier alpha value is -7.05. The van der Waals surface area contributed by atoms with Gasteiger partial charge in [-0.1, -0.05) is 97.1 Å². The third-order valence-electron chi connectivity index (χ3n) is 9.86. The van der Waals surface area contributed by atoms with Gasteiger partial charge in [-0.2, -0.15) is 0 Å². The molecule has 6 nitrogen and oxygen atoms in total. The molecule has 4 heterocycles. The van der Waals surface area contributed by atoms with Crippen LogP contribution in [0, 0.1) is 0 Å². The molecular weight excluding hydrogens is 629 g/mol. The van der Waals surface area contributed by atoms with Gasteiger partial charge < -0.3 is 13.4 Å². The van der Waals surface area contributed by atoms with Gasteiger partial charge >= 0.3 is 0 Å². The van der Waals surface area contributed by atoms with E-state index in [9.17, 15) is 0 Å². The van der Waals surface area contributed by atoms with Crippen molar-refractivity contribution in [3.8, 4) is 39.9 Å². The third kappa shape index (κ3) is 4.26. The minimum absolute atomic E-state index is 0.577. The van der Waals surface area contributed by atoms with Gasteiger partial charge in [0.15, 0.2) is 17.5 Å². The minimum Gasteiger partial charge on any atom is -0.456 e. The van der Waals surface area contributed by atoms with Crippen molar-refractivity contribution in [3.63, 3.8) is 0 Å². The maximum Gasteiger partial charge on any atom is 0.164 e. The summed E-state index contributed by atoms with van der Waals surface area (Å²) in [5, 5.41) is 6.43. The van der Waals surface area contributed by atoms with Crippen LogP contribution in [0.15, 0.2) is 167 Å². The fourth-order valence-corrected chi connectivity index (χ4v) is 7.55. The molecule has 7 aromatic carbocycles. The van der Waals surface area contributed by atoms with Gasteiger partial charge in [0.1, 0.15) is 22.3 Å². The SMILES string of the molecule is c1ccc(-n2c3ccccc3c3ccc(-c4nc(-c5ccc6oc7ccccc7c6c5)nc(-c5cccc6oc7ccccc7c56)n4)cc32)cc1. The van der Waals surface area contributed by atoms with Crippen LogP contribution in [0.25, 0.3) is 106 Å². The lowest BCUT2D eigenvalue weighted by atomic mass is 10.0. The van der Waals surface area contributed by atoms with Crippen LogP contribution in [-0.2, 0) is 0 Å². The Morgan fingerprint density at radius 3 is 1.80 bits per heavy atom. The second kappa shape index (κ2) is 10.7. The maximum absolute atomic E-state index is 6.27. The van der Waals surface area contributed by atoms with Gasteiger partial charge in [0.25, 0.3) is 0 Å². The Labute approximate surface area is 290 Å². The summed E-state index contributed by atoms with van der Waals surface area (Å²) in [7, 11) is 0. The van der Waals surface area contributed by atoms with Gasteiger partial charge in [0.2, 0.25) is 0 Å². The zero-order valence-corrected chi connectivity index (χ0v) is 27.1. The smallest absolute Gasteiger partial charge is 0.164 e. The number of rotatable bonds is 4. The van der Waals surface area contributed by atoms with Gasteiger partial charge in [-0.05, 0) is 60.7 Å². The van der Waals surface area contributed by atoms with E-state index in [0.29, 0.717) is 17.5 Å². The molecule has 0 saturated heterocycles. The van der Waals surface area contributed by atoms with E-state index in [1.165, 1.54) is 10.8 Å². The first-order valence-corrected chi connectivity index (χ1v) is 16.9. The molecule has 0 fully saturated rings. The fourth-order valence-electron chi connectivity index (χ4n) is 7.55. The second-order valence-corrected chi connectivity index (χ2v) is 12.8. The summed E-state index contributed by atoms with van der Waals surface area (Å²) < 4.78 is 14.7. The molecule has 0 aliphatic carbocycles. The van der Waals surface area contributed by atoms with Gasteiger partial charge in [-0.3, -0.25) is 0 Å². The molecule has 0 aliphatic heterocycles. The molecule has 4 aromatic heterocycles. The molecule has 0 atom stereocenters. The van der Waals surface area contributed by atoms with E-state index in [1.54, 1.807) is 0 Å². The quantitative estimate of drug-likeness (QED) is 0.189. The molecule has 11 aromatic rings. The molecule has 11 rings (SSSR count). The Bertz CT molecular complexity index is 3150.